The van der Waals surface area contributed by atoms with E-state index in [1.54, 1.807) is 30.3 Å². The van der Waals surface area contributed by atoms with Gasteiger partial charge in [-0.25, -0.2) is 13.2 Å². The molecular formula is C20H12F3NO4. The minimum absolute atomic E-state index is 0.250. The molecular weight excluding hydrogens is 375 g/mol. The number of rotatable bonds is 3. The number of nitrogens with zero attached hydrogens (tertiary/aromatic N) is 1. The zero-order valence-corrected chi connectivity index (χ0v) is 14.4. The first-order valence-corrected chi connectivity index (χ1v) is 8.17. The van der Waals surface area contributed by atoms with Gasteiger partial charge >= 0.3 is 0 Å². The topological polar surface area (TPSA) is 61.6 Å². The van der Waals surface area contributed by atoms with E-state index in [-0.39, 0.29) is 5.75 Å². The zero-order chi connectivity index (χ0) is 20.0. The van der Waals surface area contributed by atoms with Gasteiger partial charge in [0, 0.05) is 23.3 Å². The number of benzene rings is 3. The summed E-state index contributed by atoms with van der Waals surface area (Å²) < 4.78 is 52.0. The average molecular weight is 387 g/mol. The van der Waals surface area contributed by atoms with Crippen LogP contribution in [0, 0.1) is 27.6 Å². The Morgan fingerprint density at radius 2 is 1.75 bits per heavy atom. The van der Waals surface area contributed by atoms with E-state index in [1.807, 2.05) is 0 Å². The van der Waals surface area contributed by atoms with Gasteiger partial charge in [0.2, 0.25) is 6.10 Å². The van der Waals surface area contributed by atoms with Crippen LogP contribution in [0.3, 0.4) is 0 Å². The molecule has 1 heterocycles. The molecule has 1 atom stereocenters. The summed E-state index contributed by atoms with van der Waals surface area (Å²) in [4.78, 5) is 10.9. The minimum atomic E-state index is -1.53. The molecule has 0 fully saturated rings. The van der Waals surface area contributed by atoms with Crippen LogP contribution in [0.5, 0.6) is 11.5 Å². The summed E-state index contributed by atoms with van der Waals surface area (Å²) in [7, 11) is 1.49. The molecule has 0 bridgehead atoms. The molecule has 8 heteroatoms. The maximum Gasteiger partial charge on any atom is 0.291 e. The summed E-state index contributed by atoms with van der Waals surface area (Å²) in [6.07, 6.45) is -0.271. The van der Waals surface area contributed by atoms with E-state index in [1.165, 1.54) is 13.2 Å². The fourth-order valence-electron chi connectivity index (χ4n) is 3.20. The normalized spacial score (nSPS) is 15.6. The second-order valence-corrected chi connectivity index (χ2v) is 6.18. The molecule has 4 rings (SSSR count). The Morgan fingerprint density at radius 3 is 2.46 bits per heavy atom. The highest BCUT2D eigenvalue weighted by atomic mass is 19.2. The molecule has 3 aromatic carbocycles. The van der Waals surface area contributed by atoms with Crippen molar-refractivity contribution in [2.45, 2.75) is 6.10 Å². The maximum atomic E-state index is 14.2. The Kier molecular flexibility index (Phi) is 4.18. The predicted octanol–water partition coefficient (Wildman–Crippen LogP) is 5.02. The molecule has 0 saturated heterocycles. The molecule has 0 radical (unpaired) electrons. The van der Waals surface area contributed by atoms with Crippen LogP contribution < -0.4 is 9.47 Å². The molecule has 0 N–H and O–H groups in total. The van der Waals surface area contributed by atoms with Crippen LogP contribution in [0.25, 0.3) is 16.8 Å². The van der Waals surface area contributed by atoms with E-state index in [9.17, 15) is 23.3 Å². The molecule has 1 aliphatic heterocycles. The number of methoxy groups -OCH3 is 1. The van der Waals surface area contributed by atoms with Gasteiger partial charge in [-0.05, 0) is 35.0 Å². The van der Waals surface area contributed by atoms with Gasteiger partial charge in [-0.2, -0.15) is 0 Å². The number of hydrogen-bond acceptors (Lipinski definition) is 4. The molecule has 0 aromatic heterocycles. The van der Waals surface area contributed by atoms with Gasteiger partial charge in [0.1, 0.15) is 17.3 Å². The number of hydrogen-bond donors (Lipinski definition) is 0. The average Bonchev–Trinajstić information content (AvgIpc) is 2.69. The van der Waals surface area contributed by atoms with Crippen LogP contribution in [0.4, 0.5) is 13.2 Å². The monoisotopic (exact) mass is 387 g/mol. The summed E-state index contributed by atoms with van der Waals surface area (Å²) >= 11 is 0. The van der Waals surface area contributed by atoms with Crippen molar-refractivity contribution in [2.75, 3.05) is 7.11 Å². The van der Waals surface area contributed by atoms with Gasteiger partial charge in [0.05, 0.1) is 12.0 Å². The number of fused-ring (bicyclic) bond motifs is 3. The van der Waals surface area contributed by atoms with Gasteiger partial charge < -0.3 is 9.47 Å². The van der Waals surface area contributed by atoms with Gasteiger partial charge in [-0.3, -0.25) is 10.1 Å². The lowest BCUT2D eigenvalue weighted by Gasteiger charge is -2.24. The Balaban J connectivity index is 1.93. The summed E-state index contributed by atoms with van der Waals surface area (Å²) in [5.41, 5.74) is -0.534. The molecule has 0 aliphatic carbocycles. The van der Waals surface area contributed by atoms with Crippen LogP contribution in [0.15, 0.2) is 48.2 Å². The molecule has 28 heavy (non-hydrogen) atoms. The van der Waals surface area contributed by atoms with E-state index in [4.69, 9.17) is 9.47 Å². The summed E-state index contributed by atoms with van der Waals surface area (Å²) in [5, 5.41) is 13.0. The van der Waals surface area contributed by atoms with Crippen LogP contribution in [-0.4, -0.2) is 12.0 Å². The zero-order valence-electron chi connectivity index (χ0n) is 14.4. The SMILES string of the molecule is COc1ccc2ccc3c(c2c1)C=C([N+](=O)[O-])C(c1cc(F)c(F)cc1F)O3. The number of ether oxygens (including phenoxy) is 2. The highest BCUT2D eigenvalue weighted by Crippen LogP contribution is 2.42. The van der Waals surface area contributed by atoms with E-state index < -0.39 is 39.7 Å². The van der Waals surface area contributed by atoms with Crippen molar-refractivity contribution in [3.8, 4) is 11.5 Å². The van der Waals surface area contributed by atoms with E-state index in [0.717, 1.165) is 5.39 Å². The van der Waals surface area contributed by atoms with Crippen molar-refractivity contribution in [3.05, 3.63) is 86.9 Å². The second kappa shape index (κ2) is 6.56. The second-order valence-electron chi connectivity index (χ2n) is 6.18. The molecule has 5 nitrogen and oxygen atoms in total. The largest absolute Gasteiger partial charge is 0.497 e. The van der Waals surface area contributed by atoms with Crippen LogP contribution in [-0.2, 0) is 0 Å². The lowest BCUT2D eigenvalue weighted by atomic mass is 9.96. The first-order chi connectivity index (χ1) is 13.4. The smallest absolute Gasteiger partial charge is 0.291 e. The van der Waals surface area contributed by atoms with Crippen molar-refractivity contribution in [1.82, 2.24) is 0 Å². The third-order valence-corrected chi connectivity index (χ3v) is 4.57. The molecule has 0 amide bonds. The van der Waals surface area contributed by atoms with Crippen LogP contribution in [0.1, 0.15) is 17.2 Å². The summed E-state index contributed by atoms with van der Waals surface area (Å²) in [5.74, 6) is -3.05. The van der Waals surface area contributed by atoms with Crippen molar-refractivity contribution < 1.29 is 27.6 Å². The highest BCUT2D eigenvalue weighted by Gasteiger charge is 2.36. The lowest BCUT2D eigenvalue weighted by Crippen LogP contribution is -2.21. The molecule has 1 aliphatic rings. The third-order valence-electron chi connectivity index (χ3n) is 4.57. The van der Waals surface area contributed by atoms with E-state index in [2.05, 4.69) is 0 Å². The number of nitro groups is 1. The number of halogens is 3. The van der Waals surface area contributed by atoms with Crippen LogP contribution >= 0.6 is 0 Å². The van der Waals surface area contributed by atoms with Gasteiger partial charge in [-0.15, -0.1) is 0 Å². The minimum Gasteiger partial charge on any atom is -0.497 e. The quantitative estimate of drug-likeness (QED) is 0.360. The molecule has 3 aromatic rings. The fraction of sp³-hybridized carbons (Fsp3) is 0.100. The van der Waals surface area contributed by atoms with Crippen molar-refractivity contribution >= 4 is 16.8 Å². The molecule has 0 saturated carbocycles. The first-order valence-electron chi connectivity index (χ1n) is 8.17. The van der Waals surface area contributed by atoms with Crippen molar-refractivity contribution in [2.24, 2.45) is 0 Å². The Bertz CT molecular complexity index is 1160. The van der Waals surface area contributed by atoms with Crippen molar-refractivity contribution in [3.63, 3.8) is 0 Å². The first kappa shape index (κ1) is 17.8. The Labute approximate surface area is 156 Å². The molecule has 0 spiro atoms. The van der Waals surface area contributed by atoms with Gasteiger partial charge in [0.15, 0.2) is 11.6 Å². The third kappa shape index (κ3) is 2.83. The Morgan fingerprint density at radius 1 is 1.04 bits per heavy atom. The van der Waals surface area contributed by atoms with E-state index >= 15 is 0 Å². The molecule has 1 unspecified atom stereocenters. The van der Waals surface area contributed by atoms with Crippen molar-refractivity contribution in [1.29, 1.82) is 0 Å². The van der Waals surface area contributed by atoms with Crippen LogP contribution in [0.2, 0.25) is 0 Å². The molecule has 142 valence electrons. The Hall–Kier alpha value is -3.55. The maximum absolute atomic E-state index is 14.2. The standard InChI is InChI=1S/C20H12F3NO4/c1-27-11-4-2-10-3-5-19-13(12(10)6-11)8-18(24(25)26)20(28-19)14-7-16(22)17(23)9-15(14)21/h2-9,20H,1H3. The highest BCUT2D eigenvalue weighted by molar-refractivity contribution is 5.94. The van der Waals surface area contributed by atoms with Gasteiger partial charge in [-0.1, -0.05) is 12.1 Å². The van der Waals surface area contributed by atoms with E-state index in [0.29, 0.717) is 28.8 Å². The fourth-order valence-corrected chi connectivity index (χ4v) is 3.20. The van der Waals surface area contributed by atoms with Gasteiger partial charge in [0.25, 0.3) is 5.70 Å². The lowest BCUT2D eigenvalue weighted by molar-refractivity contribution is -0.434. The summed E-state index contributed by atoms with van der Waals surface area (Å²) in [6, 6.07) is 9.46. The predicted molar refractivity (Wildman–Crippen MR) is 95.2 cm³/mol. The summed E-state index contributed by atoms with van der Waals surface area (Å²) in [6.45, 7) is 0.